The zero-order chi connectivity index (χ0) is 14.4. The fraction of sp³-hybridized carbons (Fsp3) is 0.333. The van der Waals surface area contributed by atoms with Gasteiger partial charge in [0.15, 0.2) is 5.58 Å². The van der Waals surface area contributed by atoms with Crippen LogP contribution < -0.4 is 5.76 Å². The first-order valence-electron chi connectivity index (χ1n) is 6.89. The predicted octanol–water partition coefficient (Wildman–Crippen LogP) is 3.11. The highest BCUT2D eigenvalue weighted by atomic mass is 32.1. The lowest BCUT2D eigenvalue weighted by Crippen LogP contribution is -2.08. The van der Waals surface area contributed by atoms with Crippen molar-refractivity contribution in [2.75, 3.05) is 6.61 Å². The molecule has 0 amide bonds. The van der Waals surface area contributed by atoms with E-state index < -0.39 is 0 Å². The van der Waals surface area contributed by atoms with E-state index in [4.69, 9.17) is 9.15 Å². The molecule has 3 aromatic rings. The van der Waals surface area contributed by atoms with Crippen LogP contribution in [-0.4, -0.2) is 16.2 Å². The van der Waals surface area contributed by atoms with Gasteiger partial charge in [-0.05, 0) is 25.0 Å². The lowest BCUT2D eigenvalue weighted by molar-refractivity contribution is 0.112. The van der Waals surface area contributed by atoms with Crippen LogP contribution in [0.2, 0.25) is 0 Å². The molecular weight excluding hydrogens is 288 g/mol. The third-order valence-electron chi connectivity index (χ3n) is 3.82. The summed E-state index contributed by atoms with van der Waals surface area (Å²) in [6.45, 7) is 0.820. The summed E-state index contributed by atoms with van der Waals surface area (Å²) in [5.41, 5.74) is 3.24. The average molecular weight is 302 g/mol. The number of aromatic nitrogens is 2. The van der Waals surface area contributed by atoms with Crippen molar-refractivity contribution in [1.29, 1.82) is 0 Å². The van der Waals surface area contributed by atoms with Crippen LogP contribution in [-0.2, 0) is 11.8 Å². The molecule has 2 aromatic heterocycles. The van der Waals surface area contributed by atoms with Gasteiger partial charge in [0.25, 0.3) is 0 Å². The highest BCUT2D eigenvalue weighted by Gasteiger charge is 2.21. The van der Waals surface area contributed by atoms with Gasteiger partial charge in [0.2, 0.25) is 0 Å². The van der Waals surface area contributed by atoms with Gasteiger partial charge >= 0.3 is 5.76 Å². The van der Waals surface area contributed by atoms with Crippen LogP contribution in [0, 0.1) is 0 Å². The topological polar surface area (TPSA) is 57.3 Å². The van der Waals surface area contributed by atoms with Gasteiger partial charge < -0.3 is 9.15 Å². The number of rotatable bonds is 2. The summed E-state index contributed by atoms with van der Waals surface area (Å²) in [5.74, 6) is -0.347. The summed E-state index contributed by atoms with van der Waals surface area (Å²) in [4.78, 5) is 16.2. The van der Waals surface area contributed by atoms with E-state index in [0.29, 0.717) is 5.58 Å². The molecule has 4 rings (SSSR count). The Morgan fingerprint density at radius 1 is 1.43 bits per heavy atom. The highest BCUT2D eigenvalue weighted by molar-refractivity contribution is 7.10. The van der Waals surface area contributed by atoms with Crippen molar-refractivity contribution in [3.8, 4) is 11.3 Å². The molecule has 1 aliphatic rings. The molecule has 0 spiro atoms. The largest absolute Gasteiger partial charge is 0.419 e. The third-order valence-corrected chi connectivity index (χ3v) is 4.75. The number of hydrogen-bond acceptors (Lipinski definition) is 5. The number of benzene rings is 1. The minimum atomic E-state index is -0.347. The van der Waals surface area contributed by atoms with E-state index in [-0.39, 0.29) is 11.9 Å². The molecule has 1 saturated heterocycles. The number of nitrogens with zero attached hydrogens (tertiary/aromatic N) is 2. The van der Waals surface area contributed by atoms with Gasteiger partial charge in [-0.3, -0.25) is 4.57 Å². The zero-order valence-electron chi connectivity index (χ0n) is 11.5. The van der Waals surface area contributed by atoms with Gasteiger partial charge in [-0.25, -0.2) is 9.78 Å². The molecule has 0 radical (unpaired) electrons. The molecule has 6 heteroatoms. The summed E-state index contributed by atoms with van der Waals surface area (Å²) < 4.78 is 12.4. The molecule has 0 N–H and O–H groups in total. The van der Waals surface area contributed by atoms with E-state index in [0.717, 1.165) is 41.2 Å². The lowest BCUT2D eigenvalue weighted by atomic mass is 10.1. The Morgan fingerprint density at radius 2 is 2.33 bits per heavy atom. The maximum Gasteiger partial charge on any atom is 0.419 e. The minimum absolute atomic E-state index is 0.141. The molecule has 0 saturated carbocycles. The molecule has 1 fully saturated rings. The molecule has 0 bridgehead atoms. The highest BCUT2D eigenvalue weighted by Crippen LogP contribution is 2.33. The minimum Gasteiger partial charge on any atom is -0.408 e. The first-order valence-corrected chi connectivity index (χ1v) is 7.77. The number of fused-ring (bicyclic) bond motifs is 1. The van der Waals surface area contributed by atoms with Gasteiger partial charge in [-0.1, -0.05) is 6.07 Å². The second-order valence-electron chi connectivity index (χ2n) is 5.18. The second-order valence-corrected chi connectivity index (χ2v) is 6.07. The van der Waals surface area contributed by atoms with E-state index in [2.05, 4.69) is 4.98 Å². The zero-order valence-corrected chi connectivity index (χ0v) is 12.4. The van der Waals surface area contributed by atoms with Crippen molar-refractivity contribution in [1.82, 2.24) is 9.55 Å². The van der Waals surface area contributed by atoms with Gasteiger partial charge in [0.05, 0.1) is 11.2 Å². The number of aryl methyl sites for hydroxylation is 1. The van der Waals surface area contributed by atoms with Gasteiger partial charge in [0.1, 0.15) is 11.1 Å². The van der Waals surface area contributed by atoms with Crippen LogP contribution in [0.3, 0.4) is 0 Å². The molecule has 1 aromatic carbocycles. The Balaban J connectivity index is 1.74. The van der Waals surface area contributed by atoms with Gasteiger partial charge in [-0.2, -0.15) is 0 Å². The van der Waals surface area contributed by atoms with E-state index in [1.807, 2.05) is 23.6 Å². The summed E-state index contributed by atoms with van der Waals surface area (Å²) >= 11 is 1.62. The van der Waals surface area contributed by atoms with Crippen LogP contribution in [0.4, 0.5) is 0 Å². The molecule has 0 unspecified atom stereocenters. The van der Waals surface area contributed by atoms with Crippen molar-refractivity contribution in [3.63, 3.8) is 0 Å². The van der Waals surface area contributed by atoms with E-state index >= 15 is 0 Å². The summed E-state index contributed by atoms with van der Waals surface area (Å²) in [7, 11) is 1.70. The van der Waals surface area contributed by atoms with Crippen molar-refractivity contribution in [3.05, 3.63) is 39.1 Å². The molecule has 0 aliphatic carbocycles. The maximum absolute atomic E-state index is 11.5. The fourth-order valence-electron chi connectivity index (χ4n) is 2.63. The predicted molar refractivity (Wildman–Crippen MR) is 80.5 cm³/mol. The van der Waals surface area contributed by atoms with Crippen LogP contribution in [0.25, 0.3) is 22.4 Å². The van der Waals surface area contributed by atoms with Gasteiger partial charge in [0, 0.05) is 24.6 Å². The van der Waals surface area contributed by atoms with Crippen molar-refractivity contribution >= 4 is 22.4 Å². The van der Waals surface area contributed by atoms with Crippen LogP contribution in [0.5, 0.6) is 0 Å². The van der Waals surface area contributed by atoms with Crippen LogP contribution >= 0.6 is 11.3 Å². The monoisotopic (exact) mass is 302 g/mol. The Labute approximate surface area is 124 Å². The Bertz CT molecular complexity index is 855. The third kappa shape index (κ3) is 2.11. The van der Waals surface area contributed by atoms with Crippen LogP contribution in [0.15, 0.2) is 32.8 Å². The van der Waals surface area contributed by atoms with E-state index in [9.17, 15) is 4.79 Å². The average Bonchev–Trinajstić information content (AvgIpc) is 3.20. The van der Waals surface area contributed by atoms with Crippen LogP contribution in [0.1, 0.15) is 24.0 Å². The maximum atomic E-state index is 11.5. The number of ether oxygens (including phenoxy) is 1. The first kappa shape index (κ1) is 12.8. The fourth-order valence-corrected chi connectivity index (χ4v) is 3.54. The SMILES string of the molecule is Cn1c(=O)oc2cc(-c3csc([C@H]4CCCO4)n3)ccc21. The molecular formula is C15H14N2O3S. The Kier molecular flexibility index (Phi) is 2.94. The number of oxazole rings is 1. The molecule has 1 aliphatic heterocycles. The Hall–Kier alpha value is -1.92. The molecule has 108 valence electrons. The van der Waals surface area contributed by atoms with E-state index in [1.54, 1.807) is 18.4 Å². The summed E-state index contributed by atoms with van der Waals surface area (Å²) in [6, 6.07) is 5.72. The van der Waals surface area contributed by atoms with Gasteiger partial charge in [-0.15, -0.1) is 11.3 Å². The number of thiazole rings is 1. The molecule has 5 nitrogen and oxygen atoms in total. The van der Waals surface area contributed by atoms with Crippen molar-refractivity contribution < 1.29 is 9.15 Å². The first-order chi connectivity index (χ1) is 10.2. The van der Waals surface area contributed by atoms with E-state index in [1.165, 1.54) is 4.57 Å². The second kappa shape index (κ2) is 4.82. The number of hydrogen-bond donors (Lipinski definition) is 0. The molecule has 1 atom stereocenters. The molecule has 3 heterocycles. The smallest absolute Gasteiger partial charge is 0.408 e. The molecule has 21 heavy (non-hydrogen) atoms. The van der Waals surface area contributed by atoms with Crippen molar-refractivity contribution in [2.24, 2.45) is 7.05 Å². The normalized spacial score (nSPS) is 18.6. The quantitative estimate of drug-likeness (QED) is 0.730. The Morgan fingerprint density at radius 3 is 3.14 bits per heavy atom. The summed E-state index contributed by atoms with van der Waals surface area (Å²) in [6.07, 6.45) is 2.28. The standard InChI is InChI=1S/C15H14N2O3S/c1-17-11-5-4-9(7-13(11)20-15(17)18)10-8-21-14(16-10)12-3-2-6-19-12/h4-5,7-8,12H,2-3,6H2,1H3/t12-/m1/s1. The van der Waals surface area contributed by atoms with Crippen molar-refractivity contribution in [2.45, 2.75) is 18.9 Å². The summed E-state index contributed by atoms with van der Waals surface area (Å²) in [5, 5.41) is 3.05. The lowest BCUT2D eigenvalue weighted by Gasteiger charge is -2.03.